The first-order valence-corrected chi connectivity index (χ1v) is 14.6. The van der Waals surface area contributed by atoms with Crippen LogP contribution in [0, 0.1) is 21.4 Å². The molecule has 0 bridgehead atoms. The number of dihydropyridines is 1. The minimum atomic E-state index is -1.12. The summed E-state index contributed by atoms with van der Waals surface area (Å²) >= 11 is 0. The van der Waals surface area contributed by atoms with Crippen molar-refractivity contribution in [2.45, 2.75) is 51.7 Å². The average molecular weight is 622 g/mol. The lowest BCUT2D eigenvalue weighted by atomic mass is 9.80. The van der Waals surface area contributed by atoms with Crippen molar-refractivity contribution in [2.75, 3.05) is 38.7 Å². The van der Waals surface area contributed by atoms with Gasteiger partial charge in [0.05, 0.1) is 35.7 Å². The molecule has 0 aromatic heterocycles. The van der Waals surface area contributed by atoms with Crippen molar-refractivity contribution in [2.24, 2.45) is 0 Å². The van der Waals surface area contributed by atoms with Crippen molar-refractivity contribution >= 4 is 23.3 Å². The highest BCUT2D eigenvalue weighted by Gasteiger charge is 2.39. The summed E-state index contributed by atoms with van der Waals surface area (Å²) in [5.41, 5.74) is 1.00. The standard InChI is InChI=1S/C32H39N5O8/c1-20(2)35-18-25(38)19-45-26-12-10-23(11-13-26)34-14-5-6-15-44-32(40)28-21(3)36-27(17-33)30(31(39)43-4)29(28)22-8-7-9-24(16-22)37(41)42/h7-13,16,20,25,29,34-36,38H,5-6,14-15,18-19H2,1-4H3. The Morgan fingerprint density at radius 2 is 1.87 bits per heavy atom. The molecule has 1 aliphatic rings. The zero-order chi connectivity index (χ0) is 32.9. The Morgan fingerprint density at radius 1 is 1.13 bits per heavy atom. The topological polar surface area (TPSA) is 185 Å². The van der Waals surface area contributed by atoms with Crippen LogP contribution in [0.3, 0.4) is 0 Å². The molecule has 0 saturated carbocycles. The van der Waals surface area contributed by atoms with E-state index in [4.69, 9.17) is 14.2 Å². The van der Waals surface area contributed by atoms with Gasteiger partial charge in [0.1, 0.15) is 30.2 Å². The summed E-state index contributed by atoms with van der Waals surface area (Å²) in [6.07, 6.45) is 0.602. The van der Waals surface area contributed by atoms with Gasteiger partial charge in [0.15, 0.2) is 0 Å². The monoisotopic (exact) mass is 621 g/mol. The molecular weight excluding hydrogens is 582 g/mol. The number of rotatable bonds is 16. The van der Waals surface area contributed by atoms with Crippen LogP contribution in [-0.4, -0.2) is 67.5 Å². The van der Waals surface area contributed by atoms with Crippen LogP contribution in [0.2, 0.25) is 0 Å². The Hall–Kier alpha value is -4.93. The molecule has 3 rings (SSSR count). The number of unbranched alkanes of at least 4 members (excludes halogenated alkanes) is 1. The lowest BCUT2D eigenvalue weighted by Crippen LogP contribution is -2.35. The Bertz CT molecular complexity index is 1460. The second kappa shape index (κ2) is 16.8. The zero-order valence-electron chi connectivity index (χ0n) is 25.8. The second-order valence-electron chi connectivity index (χ2n) is 10.7. The van der Waals surface area contributed by atoms with Crippen molar-refractivity contribution in [3.05, 3.63) is 86.7 Å². The maximum absolute atomic E-state index is 13.4. The van der Waals surface area contributed by atoms with Gasteiger partial charge in [-0.15, -0.1) is 0 Å². The number of methoxy groups -OCH3 is 1. The van der Waals surface area contributed by atoms with E-state index in [-0.39, 0.29) is 53.0 Å². The number of benzene rings is 2. The number of carbonyl (C=O) groups excluding carboxylic acids is 2. The average Bonchev–Trinajstić information content (AvgIpc) is 3.03. The maximum atomic E-state index is 13.4. The SMILES string of the molecule is COC(=O)C1=C(C#N)NC(C)=C(C(=O)OCCCCNc2ccc(OCC(O)CNC(C)C)cc2)C1c1cccc([N+](=O)[O-])c1. The number of hydrogen-bond donors (Lipinski definition) is 4. The molecule has 2 aromatic rings. The summed E-state index contributed by atoms with van der Waals surface area (Å²) in [6.45, 7) is 6.91. The number of ether oxygens (including phenoxy) is 3. The molecule has 240 valence electrons. The highest BCUT2D eigenvalue weighted by atomic mass is 16.6. The van der Waals surface area contributed by atoms with Gasteiger partial charge in [-0.2, -0.15) is 5.26 Å². The molecule has 1 heterocycles. The number of nitrogens with one attached hydrogen (secondary N) is 3. The first-order valence-electron chi connectivity index (χ1n) is 14.6. The highest BCUT2D eigenvalue weighted by molar-refractivity contribution is 6.00. The number of nitrogens with zero attached hydrogens (tertiary/aromatic N) is 2. The van der Waals surface area contributed by atoms with Gasteiger partial charge in [0.2, 0.25) is 0 Å². The highest BCUT2D eigenvalue weighted by Crippen LogP contribution is 2.40. The van der Waals surface area contributed by atoms with Crippen molar-refractivity contribution in [3.8, 4) is 11.8 Å². The summed E-state index contributed by atoms with van der Waals surface area (Å²) in [5.74, 6) is -2.04. The van der Waals surface area contributed by atoms with Crippen LogP contribution in [0.15, 0.2) is 71.1 Å². The van der Waals surface area contributed by atoms with E-state index in [0.29, 0.717) is 31.7 Å². The number of anilines is 1. The first-order chi connectivity index (χ1) is 21.5. The fraction of sp³-hybridized carbons (Fsp3) is 0.406. The Labute approximate surface area is 262 Å². The number of allylic oxidation sites excluding steroid dienone is 2. The molecule has 1 aliphatic heterocycles. The Balaban J connectivity index is 1.57. The summed E-state index contributed by atoms with van der Waals surface area (Å²) < 4.78 is 16.1. The third kappa shape index (κ3) is 9.79. The second-order valence-corrected chi connectivity index (χ2v) is 10.7. The fourth-order valence-corrected chi connectivity index (χ4v) is 4.66. The molecule has 0 radical (unpaired) electrons. The van der Waals surface area contributed by atoms with Crippen LogP contribution in [0.5, 0.6) is 5.75 Å². The molecule has 2 aromatic carbocycles. The normalized spacial score (nSPS) is 15.2. The quantitative estimate of drug-likeness (QED) is 0.0924. The number of nitro groups is 1. The van der Waals surface area contributed by atoms with Gasteiger partial charge in [-0.1, -0.05) is 26.0 Å². The first kappa shape index (κ1) is 34.6. The third-order valence-electron chi connectivity index (χ3n) is 6.91. The Kier molecular flexibility index (Phi) is 12.9. The number of aliphatic hydroxyl groups is 1. The van der Waals surface area contributed by atoms with Gasteiger partial charge in [-0.25, -0.2) is 9.59 Å². The van der Waals surface area contributed by atoms with Crippen molar-refractivity contribution < 1.29 is 33.8 Å². The van der Waals surface area contributed by atoms with Crippen molar-refractivity contribution in [3.63, 3.8) is 0 Å². The van der Waals surface area contributed by atoms with Gasteiger partial charge in [-0.05, 0) is 49.6 Å². The molecule has 0 saturated heterocycles. The number of nitriles is 1. The van der Waals surface area contributed by atoms with Crippen LogP contribution in [0.25, 0.3) is 0 Å². The molecule has 0 amide bonds. The van der Waals surface area contributed by atoms with Gasteiger partial charge >= 0.3 is 11.9 Å². The van der Waals surface area contributed by atoms with E-state index in [9.17, 15) is 30.1 Å². The van der Waals surface area contributed by atoms with Gasteiger partial charge < -0.3 is 35.3 Å². The molecule has 2 atom stereocenters. The minimum Gasteiger partial charge on any atom is -0.491 e. The number of esters is 2. The molecule has 45 heavy (non-hydrogen) atoms. The van der Waals surface area contributed by atoms with E-state index in [1.807, 2.05) is 44.2 Å². The fourth-order valence-electron chi connectivity index (χ4n) is 4.66. The van der Waals surface area contributed by atoms with E-state index in [1.165, 1.54) is 18.2 Å². The molecule has 0 aliphatic carbocycles. The van der Waals surface area contributed by atoms with Crippen LogP contribution >= 0.6 is 0 Å². The maximum Gasteiger partial charge on any atom is 0.337 e. The Morgan fingerprint density at radius 3 is 2.51 bits per heavy atom. The van der Waals surface area contributed by atoms with Crippen molar-refractivity contribution in [1.82, 2.24) is 10.6 Å². The summed E-state index contributed by atoms with van der Waals surface area (Å²) in [5, 5.41) is 40.4. The number of nitro benzene ring substituents is 1. The smallest absolute Gasteiger partial charge is 0.337 e. The predicted molar refractivity (Wildman–Crippen MR) is 166 cm³/mol. The predicted octanol–water partition coefficient (Wildman–Crippen LogP) is 3.68. The van der Waals surface area contributed by atoms with Gasteiger partial charge in [0, 0.05) is 42.6 Å². The van der Waals surface area contributed by atoms with Crippen LogP contribution in [-0.2, 0) is 19.1 Å². The summed E-state index contributed by atoms with van der Waals surface area (Å²) in [7, 11) is 1.15. The number of aliphatic hydroxyl groups excluding tert-OH is 1. The lowest BCUT2D eigenvalue weighted by molar-refractivity contribution is -0.384. The molecule has 0 fully saturated rings. The van der Waals surface area contributed by atoms with E-state index >= 15 is 0 Å². The van der Waals surface area contributed by atoms with E-state index < -0.39 is 28.9 Å². The van der Waals surface area contributed by atoms with Gasteiger partial charge in [-0.3, -0.25) is 10.1 Å². The summed E-state index contributed by atoms with van der Waals surface area (Å²) in [4.78, 5) is 37.0. The third-order valence-corrected chi connectivity index (χ3v) is 6.91. The van der Waals surface area contributed by atoms with Gasteiger partial charge in [0.25, 0.3) is 5.69 Å². The van der Waals surface area contributed by atoms with Crippen LogP contribution < -0.4 is 20.7 Å². The number of non-ortho nitro benzene ring substituents is 1. The van der Waals surface area contributed by atoms with Crippen LogP contribution in [0.1, 0.15) is 45.1 Å². The number of hydrogen-bond acceptors (Lipinski definition) is 12. The molecule has 0 spiro atoms. The minimum absolute atomic E-state index is 0.0547. The molecule has 13 nitrogen and oxygen atoms in total. The van der Waals surface area contributed by atoms with E-state index in [2.05, 4.69) is 16.0 Å². The van der Waals surface area contributed by atoms with E-state index in [0.717, 1.165) is 12.8 Å². The van der Waals surface area contributed by atoms with Crippen molar-refractivity contribution in [1.29, 1.82) is 5.26 Å². The zero-order valence-corrected chi connectivity index (χ0v) is 25.8. The molecule has 4 N–H and O–H groups in total. The molecular formula is C32H39N5O8. The van der Waals surface area contributed by atoms with Crippen LogP contribution in [0.4, 0.5) is 11.4 Å². The lowest BCUT2D eigenvalue weighted by Gasteiger charge is -2.29. The summed E-state index contributed by atoms with van der Waals surface area (Å²) in [6, 6.07) is 15.1. The largest absolute Gasteiger partial charge is 0.491 e. The molecule has 2 unspecified atom stereocenters. The van der Waals surface area contributed by atoms with E-state index in [1.54, 1.807) is 13.0 Å². The molecule has 13 heteroatoms. The number of carbonyl (C=O) groups is 2.